The van der Waals surface area contributed by atoms with E-state index >= 15 is 0 Å². The summed E-state index contributed by atoms with van der Waals surface area (Å²) in [6.07, 6.45) is 0.703. The lowest BCUT2D eigenvalue weighted by atomic mass is 9.99. The number of aliphatic hydroxyl groups excluding tert-OH is 2. The average molecular weight is 373 g/mol. The molecule has 2 unspecified atom stereocenters. The van der Waals surface area contributed by atoms with Gasteiger partial charge in [-0.2, -0.15) is 0 Å². The van der Waals surface area contributed by atoms with Gasteiger partial charge in [0.1, 0.15) is 11.5 Å². The van der Waals surface area contributed by atoms with Gasteiger partial charge in [0.15, 0.2) is 0 Å². The number of aliphatic hydroxyl groups is 2. The van der Waals surface area contributed by atoms with Crippen LogP contribution in [-0.4, -0.2) is 36.6 Å². The van der Waals surface area contributed by atoms with Crippen LogP contribution in [0.4, 0.5) is 0 Å². The first-order chi connectivity index (χ1) is 13.0. The van der Waals surface area contributed by atoms with Crippen LogP contribution in [0.2, 0.25) is 0 Å². The van der Waals surface area contributed by atoms with E-state index < -0.39 is 0 Å². The molecule has 148 valence electrons. The van der Waals surface area contributed by atoms with E-state index in [0.717, 1.165) is 33.8 Å². The summed E-state index contributed by atoms with van der Waals surface area (Å²) in [5.74, 6) is 1.95. The van der Waals surface area contributed by atoms with E-state index in [1.165, 1.54) is 0 Å². The van der Waals surface area contributed by atoms with Crippen molar-refractivity contribution in [2.24, 2.45) is 11.8 Å². The molecule has 0 bridgehead atoms. The summed E-state index contributed by atoms with van der Waals surface area (Å²) in [4.78, 5) is 0. The number of para-hydroxylation sites is 2. The third kappa shape index (κ3) is 5.98. The van der Waals surface area contributed by atoms with Gasteiger partial charge in [-0.1, -0.05) is 50.2 Å². The number of aryl methyl sites for hydroxylation is 2. The number of hydrogen-bond acceptors (Lipinski definition) is 4. The van der Waals surface area contributed by atoms with Gasteiger partial charge in [0, 0.05) is 31.5 Å². The van der Waals surface area contributed by atoms with Gasteiger partial charge in [0.25, 0.3) is 0 Å². The molecule has 2 aromatic rings. The molecule has 2 rings (SSSR count). The van der Waals surface area contributed by atoms with Crippen LogP contribution >= 0.6 is 0 Å². The molecule has 4 nitrogen and oxygen atoms in total. The molecule has 0 spiro atoms. The fraction of sp³-hybridized carbons (Fsp3) is 0.478. The first-order valence-corrected chi connectivity index (χ1v) is 9.60. The maximum Gasteiger partial charge on any atom is 0.125 e. The molecule has 0 amide bonds. The predicted molar refractivity (Wildman–Crippen MR) is 109 cm³/mol. The lowest BCUT2D eigenvalue weighted by Crippen LogP contribution is -2.14. The van der Waals surface area contributed by atoms with Crippen molar-refractivity contribution in [2.75, 3.05) is 26.4 Å². The van der Waals surface area contributed by atoms with Gasteiger partial charge in [-0.15, -0.1) is 0 Å². The molecule has 0 saturated carbocycles. The van der Waals surface area contributed by atoms with Gasteiger partial charge in [0.05, 0.1) is 13.2 Å². The Morgan fingerprint density at radius 2 is 1.15 bits per heavy atom. The number of benzene rings is 2. The van der Waals surface area contributed by atoms with Crippen LogP contribution in [0, 0.1) is 25.7 Å². The Bertz CT molecular complexity index is 665. The smallest absolute Gasteiger partial charge is 0.125 e. The topological polar surface area (TPSA) is 58.9 Å². The van der Waals surface area contributed by atoms with E-state index in [2.05, 4.69) is 12.1 Å². The van der Waals surface area contributed by atoms with Crippen LogP contribution in [0.5, 0.6) is 11.5 Å². The molecule has 0 aliphatic heterocycles. The third-order valence-corrected chi connectivity index (χ3v) is 4.62. The molecule has 0 fully saturated rings. The van der Waals surface area contributed by atoms with Crippen LogP contribution in [0.1, 0.15) is 36.1 Å². The molecular formula is C23H32O4. The normalized spacial score (nSPS) is 13.3. The van der Waals surface area contributed by atoms with Crippen molar-refractivity contribution >= 4 is 0 Å². The second-order valence-electron chi connectivity index (χ2n) is 7.50. The lowest BCUT2D eigenvalue weighted by Gasteiger charge is -2.19. The maximum absolute atomic E-state index is 9.26. The largest absolute Gasteiger partial charge is 0.493 e. The Labute approximate surface area is 162 Å². The molecule has 0 radical (unpaired) electrons. The second-order valence-corrected chi connectivity index (χ2v) is 7.50. The SMILES string of the molecule is Cc1cccc(Cc2cccc(C)c2OCC(C)CO)c1OCC(C)CO. The Balaban J connectivity index is 2.26. The molecule has 0 saturated heterocycles. The summed E-state index contributed by atoms with van der Waals surface area (Å²) in [5.41, 5.74) is 4.37. The van der Waals surface area contributed by atoms with Gasteiger partial charge in [-0.3, -0.25) is 0 Å². The summed E-state index contributed by atoms with van der Waals surface area (Å²) < 4.78 is 12.1. The summed E-state index contributed by atoms with van der Waals surface area (Å²) >= 11 is 0. The highest BCUT2D eigenvalue weighted by atomic mass is 16.5. The van der Waals surface area contributed by atoms with Crippen molar-refractivity contribution in [1.29, 1.82) is 0 Å². The van der Waals surface area contributed by atoms with Gasteiger partial charge in [-0.05, 0) is 36.1 Å². The Kier molecular flexibility index (Phi) is 8.14. The molecule has 27 heavy (non-hydrogen) atoms. The third-order valence-electron chi connectivity index (χ3n) is 4.62. The van der Waals surface area contributed by atoms with Gasteiger partial charge >= 0.3 is 0 Å². The minimum Gasteiger partial charge on any atom is -0.493 e. The first-order valence-electron chi connectivity index (χ1n) is 9.60. The Morgan fingerprint density at radius 1 is 0.741 bits per heavy atom. The molecule has 0 heterocycles. The molecule has 0 aromatic heterocycles. The number of ether oxygens (including phenoxy) is 2. The maximum atomic E-state index is 9.26. The van der Waals surface area contributed by atoms with E-state index in [1.54, 1.807) is 0 Å². The van der Waals surface area contributed by atoms with Crippen molar-refractivity contribution < 1.29 is 19.7 Å². The zero-order valence-corrected chi connectivity index (χ0v) is 16.9. The highest BCUT2D eigenvalue weighted by Crippen LogP contribution is 2.31. The van der Waals surface area contributed by atoms with Gasteiger partial charge in [-0.25, -0.2) is 0 Å². The monoisotopic (exact) mass is 372 g/mol. The number of rotatable bonds is 10. The fourth-order valence-corrected chi connectivity index (χ4v) is 2.88. The molecule has 4 heteroatoms. The van der Waals surface area contributed by atoms with Crippen molar-refractivity contribution in [1.82, 2.24) is 0 Å². The Hall–Kier alpha value is -2.04. The fourth-order valence-electron chi connectivity index (χ4n) is 2.88. The quantitative estimate of drug-likeness (QED) is 0.664. The van der Waals surface area contributed by atoms with Crippen molar-refractivity contribution in [3.63, 3.8) is 0 Å². The van der Waals surface area contributed by atoms with Crippen LogP contribution in [0.15, 0.2) is 36.4 Å². The van der Waals surface area contributed by atoms with E-state index in [-0.39, 0.29) is 25.0 Å². The number of hydrogen-bond donors (Lipinski definition) is 2. The van der Waals surface area contributed by atoms with E-state index in [9.17, 15) is 10.2 Å². The zero-order chi connectivity index (χ0) is 19.8. The second kappa shape index (κ2) is 10.3. The molecule has 0 aliphatic rings. The van der Waals surface area contributed by atoms with Crippen molar-refractivity contribution in [2.45, 2.75) is 34.1 Å². The first kappa shape index (κ1) is 21.3. The van der Waals surface area contributed by atoms with Crippen LogP contribution in [0.3, 0.4) is 0 Å². The van der Waals surface area contributed by atoms with Crippen molar-refractivity contribution in [3.05, 3.63) is 58.7 Å². The minimum absolute atomic E-state index is 0.0929. The summed E-state index contributed by atoms with van der Waals surface area (Å²) in [5, 5.41) is 18.5. The Morgan fingerprint density at radius 3 is 1.52 bits per heavy atom. The highest BCUT2D eigenvalue weighted by Gasteiger charge is 2.14. The predicted octanol–water partition coefficient (Wildman–Crippen LogP) is 3.91. The van der Waals surface area contributed by atoms with E-state index in [4.69, 9.17) is 9.47 Å². The standard InChI is InChI=1S/C23H32O4/c1-16(12-24)14-26-22-18(3)7-5-9-20(22)11-21-10-6-8-19(4)23(21)27-15-17(2)13-25/h5-10,16-17,24-25H,11-15H2,1-4H3. The molecule has 2 N–H and O–H groups in total. The van der Waals surface area contributed by atoms with E-state index in [0.29, 0.717) is 19.6 Å². The summed E-state index contributed by atoms with van der Waals surface area (Å²) in [6.45, 7) is 9.21. The van der Waals surface area contributed by atoms with E-state index in [1.807, 2.05) is 52.0 Å². The summed E-state index contributed by atoms with van der Waals surface area (Å²) in [6, 6.07) is 12.3. The molecule has 2 aromatic carbocycles. The lowest BCUT2D eigenvalue weighted by molar-refractivity contribution is 0.172. The van der Waals surface area contributed by atoms with Crippen molar-refractivity contribution in [3.8, 4) is 11.5 Å². The van der Waals surface area contributed by atoms with Gasteiger partial charge < -0.3 is 19.7 Å². The summed E-state index contributed by atoms with van der Waals surface area (Å²) in [7, 11) is 0. The minimum atomic E-state index is 0.0929. The highest BCUT2D eigenvalue weighted by molar-refractivity contribution is 5.48. The van der Waals surface area contributed by atoms with Crippen LogP contribution < -0.4 is 9.47 Å². The van der Waals surface area contributed by atoms with Crippen LogP contribution in [0.25, 0.3) is 0 Å². The van der Waals surface area contributed by atoms with Crippen LogP contribution in [-0.2, 0) is 6.42 Å². The molecule has 0 aliphatic carbocycles. The zero-order valence-electron chi connectivity index (χ0n) is 16.9. The molecular weight excluding hydrogens is 340 g/mol. The average Bonchev–Trinajstić information content (AvgIpc) is 2.66. The van der Waals surface area contributed by atoms with Gasteiger partial charge in [0.2, 0.25) is 0 Å². The molecule has 2 atom stereocenters.